The van der Waals surface area contributed by atoms with Crippen LogP contribution >= 0.6 is 23.1 Å². The average Bonchev–Trinajstić information content (AvgIpc) is 3.36. The lowest BCUT2D eigenvalue weighted by atomic mass is 10.1. The van der Waals surface area contributed by atoms with E-state index in [1.54, 1.807) is 13.8 Å². The van der Waals surface area contributed by atoms with Gasteiger partial charge in [-0.3, -0.25) is 9.59 Å². The fourth-order valence-corrected chi connectivity index (χ4v) is 4.58. The van der Waals surface area contributed by atoms with Crippen LogP contribution in [-0.4, -0.2) is 40.2 Å². The maximum Gasteiger partial charge on any atom is 0.341 e. The summed E-state index contributed by atoms with van der Waals surface area (Å²) in [4.78, 5) is 37.1. The first-order chi connectivity index (χ1) is 15.8. The Morgan fingerprint density at radius 3 is 2.64 bits per heavy atom. The summed E-state index contributed by atoms with van der Waals surface area (Å²) < 4.78 is 16.3. The number of esters is 1. The highest BCUT2D eigenvalue weighted by molar-refractivity contribution is 7.99. The van der Waals surface area contributed by atoms with Crippen LogP contribution in [0, 0.1) is 13.8 Å². The van der Waals surface area contributed by atoms with Gasteiger partial charge in [0.2, 0.25) is 5.91 Å². The summed E-state index contributed by atoms with van der Waals surface area (Å²) in [5, 5.41) is 11.0. The number of ether oxygens (including phenoxy) is 2. The molecule has 0 bridgehead atoms. The Balaban J connectivity index is 1.60. The summed E-state index contributed by atoms with van der Waals surface area (Å²) in [7, 11) is 0. The van der Waals surface area contributed by atoms with Crippen LogP contribution < -0.4 is 10.1 Å². The van der Waals surface area contributed by atoms with E-state index in [4.69, 9.17) is 13.9 Å². The fourth-order valence-electron chi connectivity index (χ4n) is 2.89. The number of benzene rings is 1. The molecule has 3 aromatic rings. The topological polar surface area (TPSA) is 121 Å². The molecule has 0 atom stereocenters. The molecule has 0 saturated heterocycles. The van der Waals surface area contributed by atoms with Gasteiger partial charge in [-0.05, 0) is 44.9 Å². The minimum atomic E-state index is -0.586. The molecule has 0 aliphatic rings. The minimum Gasteiger partial charge on any atom is -0.484 e. The summed E-state index contributed by atoms with van der Waals surface area (Å²) >= 11 is 2.10. The number of nitrogens with one attached hydrogen (secondary N) is 1. The fraction of sp³-hybridized carbons (Fsp3) is 0.318. The first-order valence-electron chi connectivity index (χ1n) is 10.0. The van der Waals surface area contributed by atoms with Crippen molar-refractivity contribution >= 4 is 45.8 Å². The number of thioether (sulfide) groups is 1. The highest BCUT2D eigenvalue weighted by Crippen LogP contribution is 2.34. The third-order valence-corrected chi connectivity index (χ3v) is 6.55. The molecule has 3 rings (SSSR count). The monoisotopic (exact) mass is 489 g/mol. The Morgan fingerprint density at radius 1 is 1.18 bits per heavy atom. The number of thiophene rings is 1. The van der Waals surface area contributed by atoms with E-state index in [0.717, 1.165) is 34.4 Å². The van der Waals surface area contributed by atoms with Crippen LogP contribution in [0.1, 0.15) is 50.9 Å². The van der Waals surface area contributed by atoms with Crippen molar-refractivity contribution in [3.8, 4) is 5.75 Å². The van der Waals surface area contributed by atoms with Crippen LogP contribution in [0.3, 0.4) is 0 Å². The molecule has 1 aromatic carbocycles. The van der Waals surface area contributed by atoms with Crippen molar-refractivity contribution in [3.63, 3.8) is 0 Å². The molecule has 11 heteroatoms. The molecule has 33 heavy (non-hydrogen) atoms. The molecule has 1 N–H and O–H groups in total. The average molecular weight is 490 g/mol. The molecule has 9 nitrogen and oxygen atoms in total. The van der Waals surface area contributed by atoms with Gasteiger partial charge in [-0.25, -0.2) is 4.79 Å². The van der Waals surface area contributed by atoms with Gasteiger partial charge in [0, 0.05) is 0 Å². The van der Waals surface area contributed by atoms with Crippen LogP contribution in [-0.2, 0) is 16.1 Å². The number of hydrogen-bond acceptors (Lipinski definition) is 10. The molecular formula is C22H23N3O6S2. The van der Waals surface area contributed by atoms with Gasteiger partial charge in [-0.15, -0.1) is 21.5 Å². The highest BCUT2D eigenvalue weighted by Gasteiger charge is 2.25. The summed E-state index contributed by atoms with van der Waals surface area (Å²) in [6.07, 6.45) is 0. The maximum atomic E-state index is 12.5. The van der Waals surface area contributed by atoms with Gasteiger partial charge in [0.05, 0.1) is 22.8 Å². The number of carbonyl (C=O) groups excluding carboxylic acids is 3. The number of Topliss-reactive ketones (excluding diaryl/α,β-unsaturated/α-hetero) is 1. The van der Waals surface area contributed by atoms with Crippen LogP contribution in [0.25, 0.3) is 0 Å². The standard InChI is InChI=1S/C22H23N3O6S2/c1-5-29-21(28)18-13(3)19(14(4)26)33-20(18)23-16(27)11-32-22-25-24-17(31-22)10-30-15-9-7-6-8-12(15)2/h6-9H,5,10-11H2,1-4H3,(H,23,27). The molecule has 1 amide bonds. The lowest BCUT2D eigenvalue weighted by Gasteiger charge is -2.06. The number of ketones is 1. The van der Waals surface area contributed by atoms with Gasteiger partial charge in [0.1, 0.15) is 10.8 Å². The van der Waals surface area contributed by atoms with E-state index >= 15 is 0 Å². The van der Waals surface area contributed by atoms with E-state index in [9.17, 15) is 14.4 Å². The van der Waals surface area contributed by atoms with Crippen LogP contribution in [0.5, 0.6) is 5.75 Å². The number of aromatic nitrogens is 2. The predicted octanol–water partition coefficient (Wildman–Crippen LogP) is 4.44. The molecule has 0 fully saturated rings. The largest absolute Gasteiger partial charge is 0.484 e. The van der Waals surface area contributed by atoms with Gasteiger partial charge in [-0.2, -0.15) is 0 Å². The van der Waals surface area contributed by atoms with E-state index in [-0.39, 0.29) is 46.4 Å². The second kappa shape index (κ2) is 11.1. The van der Waals surface area contributed by atoms with Gasteiger partial charge < -0.3 is 19.2 Å². The van der Waals surface area contributed by atoms with Crippen LogP contribution in [0.15, 0.2) is 33.9 Å². The van der Waals surface area contributed by atoms with Crippen molar-refractivity contribution in [2.75, 3.05) is 17.7 Å². The number of anilines is 1. The smallest absolute Gasteiger partial charge is 0.341 e. The molecule has 2 aromatic heterocycles. The second-order valence-electron chi connectivity index (χ2n) is 6.89. The predicted molar refractivity (Wildman–Crippen MR) is 124 cm³/mol. The van der Waals surface area contributed by atoms with Crippen molar-refractivity contribution in [1.29, 1.82) is 0 Å². The Kier molecular flexibility index (Phi) is 8.23. The zero-order valence-corrected chi connectivity index (χ0v) is 20.2. The molecule has 0 aliphatic carbocycles. The second-order valence-corrected chi connectivity index (χ2v) is 8.84. The van der Waals surface area contributed by atoms with Crippen molar-refractivity contribution in [2.45, 2.75) is 39.5 Å². The number of rotatable bonds is 10. The van der Waals surface area contributed by atoms with Crippen molar-refractivity contribution in [1.82, 2.24) is 10.2 Å². The summed E-state index contributed by atoms with van der Waals surface area (Å²) in [6, 6.07) is 7.57. The minimum absolute atomic E-state index is 0.0328. The number of amides is 1. The normalized spacial score (nSPS) is 10.7. The lowest BCUT2D eigenvalue weighted by molar-refractivity contribution is -0.113. The number of aryl methyl sites for hydroxylation is 1. The van der Waals surface area contributed by atoms with Crippen molar-refractivity contribution < 1.29 is 28.3 Å². The number of para-hydroxylation sites is 1. The Bertz CT molecular complexity index is 1170. The molecular weight excluding hydrogens is 466 g/mol. The van der Waals surface area contributed by atoms with Gasteiger partial charge in [0.15, 0.2) is 12.4 Å². The molecule has 0 radical (unpaired) electrons. The molecule has 0 unspecified atom stereocenters. The third-order valence-electron chi connectivity index (χ3n) is 4.42. The van der Waals surface area contributed by atoms with E-state index in [1.165, 1.54) is 6.92 Å². The van der Waals surface area contributed by atoms with Crippen LogP contribution in [0.2, 0.25) is 0 Å². The zero-order chi connectivity index (χ0) is 24.0. The Morgan fingerprint density at radius 2 is 1.94 bits per heavy atom. The molecule has 0 spiro atoms. The van der Waals surface area contributed by atoms with Gasteiger partial charge in [-0.1, -0.05) is 30.0 Å². The van der Waals surface area contributed by atoms with E-state index in [0.29, 0.717) is 10.4 Å². The third kappa shape index (κ3) is 6.20. The van der Waals surface area contributed by atoms with Gasteiger partial charge in [0.25, 0.3) is 11.1 Å². The summed E-state index contributed by atoms with van der Waals surface area (Å²) in [6.45, 7) is 6.97. The zero-order valence-electron chi connectivity index (χ0n) is 18.6. The molecule has 0 aliphatic heterocycles. The number of hydrogen-bond donors (Lipinski definition) is 1. The molecule has 174 valence electrons. The van der Waals surface area contributed by atoms with E-state index in [1.807, 2.05) is 31.2 Å². The Labute approximate surface area is 198 Å². The number of nitrogens with zero attached hydrogens (tertiary/aromatic N) is 2. The maximum absolute atomic E-state index is 12.5. The molecule has 2 heterocycles. The highest BCUT2D eigenvalue weighted by atomic mass is 32.2. The van der Waals surface area contributed by atoms with Crippen molar-refractivity contribution in [2.24, 2.45) is 0 Å². The summed E-state index contributed by atoms with van der Waals surface area (Å²) in [5.74, 6) is -0.197. The summed E-state index contributed by atoms with van der Waals surface area (Å²) in [5.41, 5.74) is 1.67. The first kappa shape index (κ1) is 24.5. The first-order valence-corrected chi connectivity index (χ1v) is 11.8. The SMILES string of the molecule is CCOC(=O)c1c(NC(=O)CSc2nnc(COc3ccccc3C)o2)sc(C(C)=O)c1C. The lowest BCUT2D eigenvalue weighted by Crippen LogP contribution is -2.16. The van der Waals surface area contributed by atoms with Gasteiger partial charge >= 0.3 is 5.97 Å². The Hall–Kier alpha value is -3.18. The van der Waals surface area contributed by atoms with E-state index < -0.39 is 11.9 Å². The van der Waals surface area contributed by atoms with Crippen molar-refractivity contribution in [3.05, 3.63) is 51.7 Å². The van der Waals surface area contributed by atoms with Crippen LogP contribution in [0.4, 0.5) is 5.00 Å². The quantitative estimate of drug-likeness (QED) is 0.250. The number of carbonyl (C=O) groups is 3. The molecule has 0 saturated carbocycles. The van der Waals surface area contributed by atoms with E-state index in [2.05, 4.69) is 15.5 Å².